The Morgan fingerprint density at radius 2 is 2.11 bits per heavy atom. The highest BCUT2D eigenvalue weighted by Gasteiger charge is 2.49. The van der Waals surface area contributed by atoms with Gasteiger partial charge in [-0.1, -0.05) is 12.1 Å². The van der Waals surface area contributed by atoms with Crippen LogP contribution in [-0.4, -0.2) is 31.1 Å². The van der Waals surface area contributed by atoms with Gasteiger partial charge < -0.3 is 14.4 Å². The maximum absolute atomic E-state index is 11.9. The molecule has 2 aliphatic rings. The molecule has 0 spiro atoms. The Kier molecular flexibility index (Phi) is 2.74. The summed E-state index contributed by atoms with van der Waals surface area (Å²) in [7, 11) is 1.65. The van der Waals surface area contributed by atoms with E-state index in [1.807, 2.05) is 29.2 Å². The summed E-state index contributed by atoms with van der Waals surface area (Å²) in [6, 6.07) is 7.83. The third-order valence-corrected chi connectivity index (χ3v) is 3.82. The molecule has 2 heterocycles. The number of carbonyl (C=O) groups excluding carboxylic acids is 1. The maximum Gasteiger partial charge on any atom is 0.225 e. The van der Waals surface area contributed by atoms with Crippen molar-refractivity contribution in [2.75, 3.05) is 20.3 Å². The van der Waals surface area contributed by atoms with Gasteiger partial charge in [0.2, 0.25) is 5.91 Å². The first-order chi connectivity index (χ1) is 8.76. The molecule has 1 amide bonds. The van der Waals surface area contributed by atoms with E-state index in [9.17, 15) is 4.79 Å². The minimum atomic E-state index is -0.526. The van der Waals surface area contributed by atoms with Crippen molar-refractivity contribution in [1.29, 1.82) is 0 Å². The van der Waals surface area contributed by atoms with Crippen LogP contribution in [-0.2, 0) is 15.3 Å². The van der Waals surface area contributed by atoms with Crippen LogP contribution in [0.4, 0.5) is 0 Å². The second-order valence-corrected chi connectivity index (χ2v) is 4.76. The van der Waals surface area contributed by atoms with E-state index in [2.05, 4.69) is 0 Å². The molecule has 3 rings (SSSR count). The molecule has 0 aromatic heterocycles. The zero-order valence-electron chi connectivity index (χ0n) is 10.5. The van der Waals surface area contributed by atoms with E-state index in [0.29, 0.717) is 6.42 Å². The molecule has 1 aromatic carbocycles. The Hall–Kier alpha value is -1.55. The molecule has 18 heavy (non-hydrogen) atoms. The summed E-state index contributed by atoms with van der Waals surface area (Å²) in [5, 5.41) is 0. The van der Waals surface area contributed by atoms with Gasteiger partial charge >= 0.3 is 0 Å². The lowest BCUT2D eigenvalue weighted by atomic mass is 9.98. The van der Waals surface area contributed by atoms with Gasteiger partial charge in [-0.3, -0.25) is 4.79 Å². The lowest BCUT2D eigenvalue weighted by Gasteiger charge is -2.42. The Labute approximate surface area is 106 Å². The Balaban J connectivity index is 1.98. The summed E-state index contributed by atoms with van der Waals surface area (Å²) in [6.07, 6.45) is 2.24. The molecule has 2 saturated heterocycles. The first-order valence-electron chi connectivity index (χ1n) is 6.35. The average molecular weight is 247 g/mol. The molecule has 0 bridgehead atoms. The van der Waals surface area contributed by atoms with Gasteiger partial charge in [-0.15, -0.1) is 0 Å². The first kappa shape index (κ1) is 11.5. The fourth-order valence-electron chi connectivity index (χ4n) is 2.90. The molecule has 0 saturated carbocycles. The van der Waals surface area contributed by atoms with E-state index in [4.69, 9.17) is 9.47 Å². The molecule has 2 aliphatic heterocycles. The number of benzene rings is 1. The molecule has 96 valence electrons. The Morgan fingerprint density at radius 1 is 1.33 bits per heavy atom. The largest absolute Gasteiger partial charge is 0.497 e. The molecule has 1 atom stereocenters. The summed E-state index contributed by atoms with van der Waals surface area (Å²) >= 11 is 0. The number of amides is 1. The highest BCUT2D eigenvalue weighted by molar-refractivity contribution is 5.79. The zero-order chi connectivity index (χ0) is 12.6. The fraction of sp³-hybridized carbons (Fsp3) is 0.500. The van der Waals surface area contributed by atoms with Crippen LogP contribution in [0.25, 0.3) is 0 Å². The quantitative estimate of drug-likeness (QED) is 0.801. The number of nitrogens with zero attached hydrogens (tertiary/aromatic N) is 1. The van der Waals surface area contributed by atoms with E-state index >= 15 is 0 Å². The molecule has 0 aliphatic carbocycles. The van der Waals surface area contributed by atoms with Gasteiger partial charge in [-0.25, -0.2) is 0 Å². The van der Waals surface area contributed by atoms with E-state index in [-0.39, 0.29) is 5.91 Å². The zero-order valence-corrected chi connectivity index (χ0v) is 10.5. The maximum atomic E-state index is 11.9. The average Bonchev–Trinajstić information content (AvgIpc) is 2.78. The smallest absolute Gasteiger partial charge is 0.225 e. The molecular weight excluding hydrogens is 230 g/mol. The lowest BCUT2D eigenvalue weighted by Crippen LogP contribution is -2.49. The van der Waals surface area contributed by atoms with Gasteiger partial charge in [-0.2, -0.15) is 0 Å². The minimum absolute atomic E-state index is 0.200. The SMILES string of the molecule is COc1ccc(C23CCC(=O)N2CCCO3)cc1. The van der Waals surface area contributed by atoms with Crippen molar-refractivity contribution in [3.05, 3.63) is 29.8 Å². The minimum Gasteiger partial charge on any atom is -0.497 e. The predicted molar refractivity (Wildman–Crippen MR) is 66.2 cm³/mol. The summed E-state index contributed by atoms with van der Waals surface area (Å²) < 4.78 is 11.1. The number of ether oxygens (including phenoxy) is 2. The van der Waals surface area contributed by atoms with Gasteiger partial charge in [-0.05, 0) is 18.6 Å². The van der Waals surface area contributed by atoms with Crippen molar-refractivity contribution in [3.63, 3.8) is 0 Å². The molecule has 0 radical (unpaired) electrons. The van der Waals surface area contributed by atoms with Crippen molar-refractivity contribution in [2.24, 2.45) is 0 Å². The first-order valence-corrected chi connectivity index (χ1v) is 6.35. The number of methoxy groups -OCH3 is 1. The summed E-state index contributed by atoms with van der Waals surface area (Å²) in [6.45, 7) is 1.51. The lowest BCUT2D eigenvalue weighted by molar-refractivity contribution is -0.183. The number of carbonyl (C=O) groups is 1. The van der Waals surface area contributed by atoms with Gasteiger partial charge in [0.1, 0.15) is 5.75 Å². The highest BCUT2D eigenvalue weighted by Crippen LogP contribution is 2.43. The Morgan fingerprint density at radius 3 is 2.83 bits per heavy atom. The second-order valence-electron chi connectivity index (χ2n) is 4.76. The van der Waals surface area contributed by atoms with Crippen LogP contribution in [0.3, 0.4) is 0 Å². The van der Waals surface area contributed by atoms with Crippen molar-refractivity contribution in [3.8, 4) is 5.75 Å². The topological polar surface area (TPSA) is 38.8 Å². The van der Waals surface area contributed by atoms with E-state index in [0.717, 1.165) is 37.3 Å². The fourth-order valence-corrected chi connectivity index (χ4v) is 2.90. The number of fused-ring (bicyclic) bond motifs is 1. The second kappa shape index (κ2) is 4.28. The Bertz CT molecular complexity index is 457. The van der Waals surface area contributed by atoms with E-state index in [1.54, 1.807) is 7.11 Å². The van der Waals surface area contributed by atoms with E-state index < -0.39 is 5.72 Å². The van der Waals surface area contributed by atoms with Gasteiger partial charge in [0.05, 0.1) is 13.7 Å². The van der Waals surface area contributed by atoms with Crippen LogP contribution in [0.2, 0.25) is 0 Å². The van der Waals surface area contributed by atoms with Crippen molar-refractivity contribution in [1.82, 2.24) is 4.90 Å². The molecular formula is C14H17NO3. The molecule has 0 N–H and O–H groups in total. The van der Waals surface area contributed by atoms with Crippen LogP contribution in [0, 0.1) is 0 Å². The molecule has 1 unspecified atom stereocenters. The number of hydrogen-bond donors (Lipinski definition) is 0. The summed E-state index contributed by atoms with van der Waals surface area (Å²) in [5.41, 5.74) is 0.524. The highest BCUT2D eigenvalue weighted by atomic mass is 16.5. The molecule has 2 fully saturated rings. The van der Waals surface area contributed by atoms with Crippen LogP contribution < -0.4 is 4.74 Å². The monoisotopic (exact) mass is 247 g/mol. The van der Waals surface area contributed by atoms with Gasteiger partial charge in [0, 0.05) is 24.9 Å². The molecule has 1 aromatic rings. The van der Waals surface area contributed by atoms with Crippen molar-refractivity contribution >= 4 is 5.91 Å². The standard InChI is InChI=1S/C14H17NO3/c1-17-12-5-3-11(4-6-12)14-8-7-13(16)15(14)9-2-10-18-14/h3-6H,2,7-10H2,1H3. The summed E-state index contributed by atoms with van der Waals surface area (Å²) in [4.78, 5) is 13.8. The van der Waals surface area contributed by atoms with Crippen LogP contribution in [0.5, 0.6) is 5.75 Å². The third-order valence-electron chi connectivity index (χ3n) is 3.82. The number of hydrogen-bond acceptors (Lipinski definition) is 3. The van der Waals surface area contributed by atoms with Gasteiger partial charge in [0.25, 0.3) is 0 Å². The summed E-state index contributed by atoms with van der Waals surface area (Å²) in [5.74, 6) is 1.02. The third kappa shape index (κ3) is 1.60. The molecule has 4 heteroatoms. The van der Waals surface area contributed by atoms with Crippen molar-refractivity contribution < 1.29 is 14.3 Å². The van der Waals surface area contributed by atoms with Crippen molar-refractivity contribution in [2.45, 2.75) is 25.0 Å². The van der Waals surface area contributed by atoms with Gasteiger partial charge in [0.15, 0.2) is 5.72 Å². The van der Waals surface area contributed by atoms with E-state index in [1.165, 1.54) is 0 Å². The number of rotatable bonds is 2. The predicted octanol–water partition coefficient (Wildman–Crippen LogP) is 1.89. The normalized spacial score (nSPS) is 27.2. The van der Waals surface area contributed by atoms with Crippen LogP contribution >= 0.6 is 0 Å². The van der Waals surface area contributed by atoms with Crippen LogP contribution in [0.1, 0.15) is 24.8 Å². The van der Waals surface area contributed by atoms with Crippen LogP contribution in [0.15, 0.2) is 24.3 Å². The molecule has 4 nitrogen and oxygen atoms in total.